The Balaban J connectivity index is 1.69. The second-order valence-corrected chi connectivity index (χ2v) is 4.59. The van der Waals surface area contributed by atoms with Crippen LogP contribution in [0, 0.1) is 10.1 Å². The first kappa shape index (κ1) is 13.8. The van der Waals surface area contributed by atoms with E-state index in [1.54, 1.807) is 18.2 Å². The smallest absolute Gasteiger partial charge is 0.273 e. The van der Waals surface area contributed by atoms with Gasteiger partial charge in [-0.15, -0.1) is 0 Å². The predicted octanol–water partition coefficient (Wildman–Crippen LogP) is 3.83. The summed E-state index contributed by atoms with van der Waals surface area (Å²) in [6.07, 6.45) is 0. The highest BCUT2D eigenvalue weighted by Crippen LogP contribution is 2.22. The predicted molar refractivity (Wildman–Crippen MR) is 79.4 cm³/mol. The fourth-order valence-electron chi connectivity index (χ4n) is 1.97. The lowest BCUT2D eigenvalue weighted by molar-refractivity contribution is -0.384. The Morgan fingerprint density at radius 1 is 1.09 bits per heavy atom. The molecule has 0 atom stereocenters. The third-order valence-corrected chi connectivity index (χ3v) is 3.04. The van der Waals surface area contributed by atoms with Gasteiger partial charge in [-0.05, 0) is 6.07 Å². The molecular weight excluding hydrogens is 284 g/mol. The number of non-ortho nitro benzene ring substituents is 1. The van der Waals surface area contributed by atoms with Gasteiger partial charge in [-0.1, -0.05) is 41.6 Å². The molecule has 0 bridgehead atoms. The number of ether oxygens (including phenoxy) is 1. The zero-order valence-corrected chi connectivity index (χ0v) is 11.5. The standard InChI is InChI=1S/C16H12N2O4/c19-18(20)13-7-4-8-14(9-13)21-11-15-10-16(17-22-15)12-5-2-1-3-6-12/h1-10H,11H2. The molecule has 0 aliphatic carbocycles. The van der Waals surface area contributed by atoms with Crippen LogP contribution in [-0.4, -0.2) is 10.1 Å². The third kappa shape index (κ3) is 3.12. The van der Waals surface area contributed by atoms with E-state index >= 15 is 0 Å². The molecule has 0 radical (unpaired) electrons. The highest BCUT2D eigenvalue weighted by Gasteiger charge is 2.09. The quantitative estimate of drug-likeness (QED) is 0.528. The minimum atomic E-state index is -0.463. The lowest BCUT2D eigenvalue weighted by atomic mass is 10.1. The molecule has 3 aromatic rings. The normalized spacial score (nSPS) is 10.4. The lowest BCUT2D eigenvalue weighted by Crippen LogP contribution is -1.95. The summed E-state index contributed by atoms with van der Waals surface area (Å²) in [7, 11) is 0. The number of nitrogens with zero attached hydrogens (tertiary/aromatic N) is 2. The SMILES string of the molecule is O=[N+]([O-])c1cccc(OCc2cc(-c3ccccc3)no2)c1. The van der Waals surface area contributed by atoms with Gasteiger partial charge in [0.25, 0.3) is 5.69 Å². The first-order chi connectivity index (χ1) is 10.7. The van der Waals surface area contributed by atoms with E-state index in [9.17, 15) is 10.1 Å². The zero-order chi connectivity index (χ0) is 15.4. The van der Waals surface area contributed by atoms with Crippen LogP contribution in [0.5, 0.6) is 5.75 Å². The van der Waals surface area contributed by atoms with E-state index in [1.807, 2.05) is 30.3 Å². The molecule has 110 valence electrons. The molecule has 6 heteroatoms. The van der Waals surface area contributed by atoms with Crippen molar-refractivity contribution in [3.8, 4) is 17.0 Å². The van der Waals surface area contributed by atoms with Crippen LogP contribution in [0.15, 0.2) is 65.2 Å². The van der Waals surface area contributed by atoms with Crippen molar-refractivity contribution in [1.29, 1.82) is 0 Å². The average Bonchev–Trinajstić information content (AvgIpc) is 3.03. The van der Waals surface area contributed by atoms with E-state index in [4.69, 9.17) is 9.26 Å². The molecule has 0 unspecified atom stereocenters. The molecule has 0 amide bonds. The van der Waals surface area contributed by atoms with E-state index in [1.165, 1.54) is 12.1 Å². The Bertz CT molecular complexity index is 784. The van der Waals surface area contributed by atoms with Crippen LogP contribution in [0.2, 0.25) is 0 Å². The minimum Gasteiger partial charge on any atom is -0.485 e. The first-order valence-corrected chi connectivity index (χ1v) is 6.60. The van der Waals surface area contributed by atoms with Gasteiger partial charge in [0.2, 0.25) is 0 Å². The van der Waals surface area contributed by atoms with E-state index in [2.05, 4.69) is 5.16 Å². The van der Waals surface area contributed by atoms with Gasteiger partial charge in [0.15, 0.2) is 5.76 Å². The number of nitro benzene ring substituents is 1. The van der Waals surface area contributed by atoms with Gasteiger partial charge < -0.3 is 9.26 Å². The molecule has 0 aliphatic heterocycles. The van der Waals surface area contributed by atoms with Gasteiger partial charge in [-0.2, -0.15) is 0 Å². The molecule has 0 fully saturated rings. The first-order valence-electron chi connectivity index (χ1n) is 6.60. The molecular formula is C16H12N2O4. The van der Waals surface area contributed by atoms with Gasteiger partial charge in [-0.25, -0.2) is 0 Å². The maximum absolute atomic E-state index is 10.7. The van der Waals surface area contributed by atoms with Crippen molar-refractivity contribution in [3.63, 3.8) is 0 Å². The average molecular weight is 296 g/mol. The summed E-state index contributed by atoms with van der Waals surface area (Å²) < 4.78 is 10.7. The molecule has 0 N–H and O–H groups in total. The number of hydrogen-bond donors (Lipinski definition) is 0. The van der Waals surface area contributed by atoms with E-state index in [0.717, 1.165) is 11.3 Å². The maximum Gasteiger partial charge on any atom is 0.273 e. The number of aromatic nitrogens is 1. The fourth-order valence-corrected chi connectivity index (χ4v) is 1.97. The van der Waals surface area contributed by atoms with Gasteiger partial charge in [0.1, 0.15) is 18.1 Å². The molecule has 0 spiro atoms. The Labute approximate surface area is 126 Å². The molecule has 1 heterocycles. The van der Waals surface area contributed by atoms with Crippen molar-refractivity contribution in [1.82, 2.24) is 5.16 Å². The van der Waals surface area contributed by atoms with Crippen LogP contribution in [-0.2, 0) is 6.61 Å². The zero-order valence-electron chi connectivity index (χ0n) is 11.5. The van der Waals surface area contributed by atoms with Gasteiger partial charge in [0.05, 0.1) is 11.0 Å². The highest BCUT2D eigenvalue weighted by atomic mass is 16.6. The molecule has 3 rings (SSSR count). The van der Waals surface area contributed by atoms with Crippen LogP contribution >= 0.6 is 0 Å². The van der Waals surface area contributed by atoms with Crippen molar-refractivity contribution in [2.75, 3.05) is 0 Å². The summed E-state index contributed by atoms with van der Waals surface area (Å²) >= 11 is 0. The van der Waals surface area contributed by atoms with Gasteiger partial charge in [-0.3, -0.25) is 10.1 Å². The molecule has 0 aliphatic rings. The minimum absolute atomic E-state index is 0.0138. The lowest BCUT2D eigenvalue weighted by Gasteiger charge is -2.02. The van der Waals surface area contributed by atoms with Crippen LogP contribution < -0.4 is 4.74 Å². The maximum atomic E-state index is 10.7. The van der Waals surface area contributed by atoms with E-state index in [0.29, 0.717) is 11.5 Å². The number of nitro groups is 1. The number of benzene rings is 2. The summed E-state index contributed by atoms with van der Waals surface area (Å²) in [6.45, 7) is 0.154. The van der Waals surface area contributed by atoms with Crippen molar-refractivity contribution in [2.45, 2.75) is 6.61 Å². The summed E-state index contributed by atoms with van der Waals surface area (Å²) in [6, 6.07) is 17.4. The van der Waals surface area contributed by atoms with Crippen molar-refractivity contribution in [2.24, 2.45) is 0 Å². The van der Waals surface area contributed by atoms with Crippen molar-refractivity contribution in [3.05, 3.63) is 76.5 Å². The molecule has 2 aromatic carbocycles. The van der Waals surface area contributed by atoms with Crippen LogP contribution in [0.4, 0.5) is 5.69 Å². The molecule has 22 heavy (non-hydrogen) atoms. The van der Waals surface area contributed by atoms with E-state index < -0.39 is 4.92 Å². The highest BCUT2D eigenvalue weighted by molar-refractivity contribution is 5.58. The second kappa shape index (κ2) is 6.09. The molecule has 6 nitrogen and oxygen atoms in total. The molecule has 0 saturated heterocycles. The topological polar surface area (TPSA) is 78.4 Å². The summed E-state index contributed by atoms with van der Waals surface area (Å²) in [4.78, 5) is 10.2. The Kier molecular flexibility index (Phi) is 3.82. The summed E-state index contributed by atoms with van der Waals surface area (Å²) in [5, 5.41) is 14.7. The van der Waals surface area contributed by atoms with Crippen molar-refractivity contribution < 1.29 is 14.2 Å². The van der Waals surface area contributed by atoms with Crippen LogP contribution in [0.3, 0.4) is 0 Å². The second-order valence-electron chi connectivity index (χ2n) is 4.59. The van der Waals surface area contributed by atoms with Gasteiger partial charge in [0, 0.05) is 17.7 Å². The van der Waals surface area contributed by atoms with Gasteiger partial charge >= 0.3 is 0 Å². The largest absolute Gasteiger partial charge is 0.485 e. The van der Waals surface area contributed by atoms with Crippen LogP contribution in [0.1, 0.15) is 5.76 Å². The number of hydrogen-bond acceptors (Lipinski definition) is 5. The monoisotopic (exact) mass is 296 g/mol. The fraction of sp³-hybridized carbons (Fsp3) is 0.0625. The third-order valence-electron chi connectivity index (χ3n) is 3.04. The van der Waals surface area contributed by atoms with E-state index in [-0.39, 0.29) is 12.3 Å². The Hall–Kier alpha value is -3.15. The Morgan fingerprint density at radius 3 is 2.68 bits per heavy atom. The summed E-state index contributed by atoms with van der Waals surface area (Å²) in [5.41, 5.74) is 1.66. The van der Waals surface area contributed by atoms with Crippen molar-refractivity contribution >= 4 is 5.69 Å². The van der Waals surface area contributed by atoms with Crippen LogP contribution in [0.25, 0.3) is 11.3 Å². The molecule has 0 saturated carbocycles. The summed E-state index contributed by atoms with van der Waals surface area (Å²) in [5.74, 6) is 0.956. The molecule has 1 aromatic heterocycles. The number of rotatable bonds is 5. The Morgan fingerprint density at radius 2 is 1.91 bits per heavy atom.